The molecule has 0 aromatic heterocycles. The Morgan fingerprint density at radius 1 is 1.20 bits per heavy atom. The van der Waals surface area contributed by atoms with Crippen molar-refractivity contribution in [2.75, 3.05) is 0 Å². The molecule has 0 atom stereocenters. The lowest BCUT2D eigenvalue weighted by molar-refractivity contribution is 0.0954. The van der Waals surface area contributed by atoms with Crippen molar-refractivity contribution in [2.24, 2.45) is 5.10 Å². The number of hydrazone groups is 1. The lowest BCUT2D eigenvalue weighted by Gasteiger charge is -2.01. The molecule has 6 heteroatoms. The van der Waals surface area contributed by atoms with Crippen LogP contribution in [-0.4, -0.2) is 12.1 Å². The molecule has 0 spiro atoms. The van der Waals surface area contributed by atoms with Crippen LogP contribution in [0.25, 0.3) is 0 Å². The van der Waals surface area contributed by atoms with Crippen molar-refractivity contribution >= 4 is 35.3 Å². The minimum Gasteiger partial charge on any atom is -0.267 e. The van der Waals surface area contributed by atoms with Crippen LogP contribution in [0, 0.1) is 5.82 Å². The average Bonchev–Trinajstić information content (AvgIpc) is 2.41. The summed E-state index contributed by atoms with van der Waals surface area (Å²) in [6, 6.07) is 10.2. The molecule has 1 N–H and O–H groups in total. The molecule has 0 aliphatic carbocycles. The molecule has 0 bridgehead atoms. The number of amides is 1. The highest BCUT2D eigenvalue weighted by atomic mass is 35.5. The van der Waals surface area contributed by atoms with Crippen molar-refractivity contribution in [1.82, 2.24) is 5.43 Å². The summed E-state index contributed by atoms with van der Waals surface area (Å²) in [5.41, 5.74) is 3.08. The highest BCUT2D eigenvalue weighted by Gasteiger charge is 2.04. The summed E-state index contributed by atoms with van der Waals surface area (Å²) >= 11 is 11.7. The van der Waals surface area contributed by atoms with Gasteiger partial charge in [0.2, 0.25) is 0 Å². The zero-order chi connectivity index (χ0) is 14.5. The van der Waals surface area contributed by atoms with E-state index in [9.17, 15) is 9.18 Å². The Morgan fingerprint density at radius 3 is 2.70 bits per heavy atom. The number of rotatable bonds is 3. The topological polar surface area (TPSA) is 41.5 Å². The molecule has 20 heavy (non-hydrogen) atoms. The third kappa shape index (κ3) is 3.79. The largest absolute Gasteiger partial charge is 0.271 e. The van der Waals surface area contributed by atoms with Crippen LogP contribution >= 0.6 is 23.2 Å². The van der Waals surface area contributed by atoms with Crippen molar-refractivity contribution in [1.29, 1.82) is 0 Å². The van der Waals surface area contributed by atoms with Crippen molar-refractivity contribution in [3.63, 3.8) is 0 Å². The molecule has 0 radical (unpaired) electrons. The Bertz CT molecular complexity index is 674. The molecule has 2 aromatic carbocycles. The van der Waals surface area contributed by atoms with Crippen LogP contribution < -0.4 is 5.43 Å². The summed E-state index contributed by atoms with van der Waals surface area (Å²) in [5, 5.41) is 4.69. The highest BCUT2D eigenvalue weighted by molar-refractivity contribution is 6.36. The standard InChI is InChI=1S/C14H9Cl2FN2O/c15-11-5-4-10(13(16)7-11)8-18-19-14(20)9-2-1-3-12(17)6-9/h1-8H,(H,19,20). The van der Waals surface area contributed by atoms with E-state index in [1.165, 1.54) is 24.4 Å². The van der Waals surface area contributed by atoms with E-state index in [-0.39, 0.29) is 5.56 Å². The summed E-state index contributed by atoms with van der Waals surface area (Å²) in [6.45, 7) is 0. The van der Waals surface area contributed by atoms with Gasteiger partial charge in [-0.2, -0.15) is 5.10 Å². The summed E-state index contributed by atoms with van der Waals surface area (Å²) in [4.78, 5) is 11.7. The number of carbonyl (C=O) groups excluding carboxylic acids is 1. The summed E-state index contributed by atoms with van der Waals surface area (Å²) in [7, 11) is 0. The van der Waals surface area contributed by atoms with Crippen LogP contribution in [0.1, 0.15) is 15.9 Å². The van der Waals surface area contributed by atoms with Crippen molar-refractivity contribution in [2.45, 2.75) is 0 Å². The van der Waals surface area contributed by atoms with Gasteiger partial charge >= 0.3 is 0 Å². The maximum atomic E-state index is 13.0. The first-order chi connectivity index (χ1) is 9.56. The number of nitrogens with one attached hydrogen (secondary N) is 1. The number of carbonyl (C=O) groups is 1. The summed E-state index contributed by atoms with van der Waals surface area (Å²) in [5.74, 6) is -0.992. The molecule has 0 saturated heterocycles. The number of hydrogen-bond donors (Lipinski definition) is 1. The van der Waals surface area contributed by atoms with Crippen molar-refractivity contribution in [3.05, 3.63) is 69.5 Å². The Balaban J connectivity index is 2.04. The molecule has 0 heterocycles. The van der Waals surface area contributed by atoms with Gasteiger partial charge in [0, 0.05) is 16.1 Å². The van der Waals surface area contributed by atoms with Gasteiger partial charge in [-0.3, -0.25) is 4.79 Å². The summed E-state index contributed by atoms with van der Waals surface area (Å²) in [6.07, 6.45) is 1.38. The van der Waals surface area contributed by atoms with E-state index in [4.69, 9.17) is 23.2 Å². The minimum atomic E-state index is -0.508. The second-order valence-corrected chi connectivity index (χ2v) is 4.72. The average molecular weight is 311 g/mol. The smallest absolute Gasteiger partial charge is 0.267 e. The van der Waals surface area contributed by atoms with Gasteiger partial charge in [-0.15, -0.1) is 0 Å². The van der Waals surface area contributed by atoms with Crippen LogP contribution in [-0.2, 0) is 0 Å². The molecule has 2 rings (SSSR count). The molecule has 1 amide bonds. The SMILES string of the molecule is O=C(NN=Cc1ccc(Cl)cc1Cl)c1cccc(F)c1. The third-order valence-electron chi connectivity index (χ3n) is 2.42. The molecule has 0 saturated carbocycles. The fraction of sp³-hybridized carbons (Fsp3) is 0. The second kappa shape index (κ2) is 6.50. The maximum absolute atomic E-state index is 13.0. The lowest BCUT2D eigenvalue weighted by atomic mass is 10.2. The van der Waals surface area contributed by atoms with Crippen LogP contribution in [0.5, 0.6) is 0 Å². The highest BCUT2D eigenvalue weighted by Crippen LogP contribution is 2.19. The molecular formula is C14H9Cl2FN2O. The van der Waals surface area contributed by atoms with Gasteiger partial charge < -0.3 is 0 Å². The number of benzene rings is 2. The van der Waals surface area contributed by atoms with Gasteiger partial charge in [-0.25, -0.2) is 9.82 Å². The number of hydrogen-bond acceptors (Lipinski definition) is 2. The molecular weight excluding hydrogens is 302 g/mol. The minimum absolute atomic E-state index is 0.185. The molecule has 2 aromatic rings. The van der Waals surface area contributed by atoms with Gasteiger partial charge in [0.1, 0.15) is 5.82 Å². The van der Waals surface area contributed by atoms with Crippen LogP contribution in [0.15, 0.2) is 47.6 Å². The zero-order valence-electron chi connectivity index (χ0n) is 10.1. The van der Waals surface area contributed by atoms with Gasteiger partial charge in [-0.1, -0.05) is 35.3 Å². The van der Waals surface area contributed by atoms with Gasteiger partial charge in [0.05, 0.1) is 11.2 Å². The van der Waals surface area contributed by atoms with Gasteiger partial charge in [-0.05, 0) is 30.3 Å². The predicted molar refractivity (Wildman–Crippen MR) is 77.9 cm³/mol. The third-order valence-corrected chi connectivity index (χ3v) is 2.98. The predicted octanol–water partition coefficient (Wildman–Crippen LogP) is 3.90. The van der Waals surface area contributed by atoms with Crippen LogP contribution in [0.2, 0.25) is 10.0 Å². The Labute approximate surface area is 125 Å². The Kier molecular flexibility index (Phi) is 4.71. The Hall–Kier alpha value is -1.91. The molecule has 0 unspecified atom stereocenters. The fourth-order valence-electron chi connectivity index (χ4n) is 1.46. The molecule has 0 aliphatic rings. The first-order valence-corrected chi connectivity index (χ1v) is 6.36. The van der Waals surface area contributed by atoms with E-state index in [2.05, 4.69) is 10.5 Å². The van der Waals surface area contributed by atoms with Crippen LogP contribution in [0.3, 0.4) is 0 Å². The first-order valence-electron chi connectivity index (χ1n) is 5.60. The molecule has 0 fully saturated rings. The van der Waals surface area contributed by atoms with Crippen molar-refractivity contribution < 1.29 is 9.18 Å². The van der Waals surface area contributed by atoms with E-state index in [1.54, 1.807) is 18.2 Å². The fourth-order valence-corrected chi connectivity index (χ4v) is 1.92. The van der Waals surface area contributed by atoms with E-state index in [1.807, 2.05) is 0 Å². The van der Waals surface area contributed by atoms with Gasteiger partial charge in [0.25, 0.3) is 5.91 Å². The monoisotopic (exact) mass is 310 g/mol. The first kappa shape index (κ1) is 14.5. The lowest BCUT2D eigenvalue weighted by Crippen LogP contribution is -2.17. The number of nitrogens with zero attached hydrogens (tertiary/aromatic N) is 1. The van der Waals surface area contributed by atoms with Gasteiger partial charge in [0.15, 0.2) is 0 Å². The number of halogens is 3. The summed E-state index contributed by atoms with van der Waals surface area (Å²) < 4.78 is 13.0. The molecule has 3 nitrogen and oxygen atoms in total. The molecule has 102 valence electrons. The molecule has 0 aliphatic heterocycles. The Morgan fingerprint density at radius 2 is 2.00 bits per heavy atom. The zero-order valence-corrected chi connectivity index (χ0v) is 11.6. The van der Waals surface area contributed by atoms with Crippen LogP contribution in [0.4, 0.5) is 4.39 Å². The quantitative estimate of drug-likeness (QED) is 0.678. The van der Waals surface area contributed by atoms with E-state index < -0.39 is 11.7 Å². The van der Waals surface area contributed by atoms with E-state index in [0.29, 0.717) is 15.6 Å². The normalized spacial score (nSPS) is 10.8. The van der Waals surface area contributed by atoms with E-state index >= 15 is 0 Å². The van der Waals surface area contributed by atoms with Crippen molar-refractivity contribution in [3.8, 4) is 0 Å². The second-order valence-electron chi connectivity index (χ2n) is 3.88. The van der Waals surface area contributed by atoms with E-state index in [0.717, 1.165) is 6.07 Å². The maximum Gasteiger partial charge on any atom is 0.271 e.